The first-order valence-corrected chi connectivity index (χ1v) is 9.95. The Bertz CT molecular complexity index is 482. The molecule has 142 valence electrons. The fourth-order valence-corrected chi connectivity index (χ4v) is 4.46. The van der Waals surface area contributed by atoms with E-state index in [1.165, 1.54) is 5.57 Å². The van der Waals surface area contributed by atoms with Gasteiger partial charge in [-0.15, -0.1) is 0 Å². The van der Waals surface area contributed by atoms with Gasteiger partial charge in [0.05, 0.1) is 12.2 Å². The smallest absolute Gasteiger partial charge is 0.303 e. The predicted molar refractivity (Wildman–Crippen MR) is 99.2 cm³/mol. The standard InChI is InChI=1S/C21H34O4/c1-2-3-4-8-17(22)10-11-18-19-13-15(7-5-6-9-21(24)25)12-16(19)14-20(18)23/h7,10-11,16-20,22-23H,2-6,8-9,12-14H2,1H3,(H,24,25)/b11-10+,15-7-/t16?,17?,18-,19?,20?/m1/s1. The SMILES string of the molecule is CCCCCC(O)/C=C/[C@H]1C(O)CC2C/C(=C/CCCC(=O)O)CC21. The molecule has 4 nitrogen and oxygen atoms in total. The van der Waals surface area contributed by atoms with E-state index in [4.69, 9.17) is 5.11 Å². The summed E-state index contributed by atoms with van der Waals surface area (Å²) in [5.74, 6) is 0.427. The van der Waals surface area contributed by atoms with Gasteiger partial charge < -0.3 is 15.3 Å². The molecule has 4 unspecified atom stereocenters. The highest BCUT2D eigenvalue weighted by Crippen LogP contribution is 2.50. The van der Waals surface area contributed by atoms with E-state index >= 15 is 0 Å². The number of carboxylic acid groups (broad SMARTS) is 1. The first-order valence-electron chi connectivity index (χ1n) is 9.95. The second kappa shape index (κ2) is 10.1. The Morgan fingerprint density at radius 2 is 2.08 bits per heavy atom. The van der Waals surface area contributed by atoms with Gasteiger partial charge in [0.1, 0.15) is 0 Å². The van der Waals surface area contributed by atoms with Crippen molar-refractivity contribution in [1.82, 2.24) is 0 Å². The van der Waals surface area contributed by atoms with E-state index in [2.05, 4.69) is 19.1 Å². The number of carboxylic acids is 1. The van der Waals surface area contributed by atoms with Crippen LogP contribution in [0.25, 0.3) is 0 Å². The Kier molecular flexibility index (Phi) is 8.17. The van der Waals surface area contributed by atoms with Crippen LogP contribution in [0.3, 0.4) is 0 Å². The van der Waals surface area contributed by atoms with E-state index < -0.39 is 12.1 Å². The summed E-state index contributed by atoms with van der Waals surface area (Å²) < 4.78 is 0. The van der Waals surface area contributed by atoms with Crippen molar-refractivity contribution in [2.75, 3.05) is 0 Å². The number of hydrogen-bond donors (Lipinski definition) is 3. The van der Waals surface area contributed by atoms with E-state index in [9.17, 15) is 15.0 Å². The fourth-order valence-electron chi connectivity index (χ4n) is 4.46. The van der Waals surface area contributed by atoms with Gasteiger partial charge in [0.25, 0.3) is 0 Å². The van der Waals surface area contributed by atoms with Crippen LogP contribution in [0.1, 0.15) is 71.1 Å². The zero-order valence-electron chi connectivity index (χ0n) is 15.4. The van der Waals surface area contributed by atoms with Gasteiger partial charge in [-0.25, -0.2) is 0 Å². The maximum atomic E-state index is 10.6. The summed E-state index contributed by atoms with van der Waals surface area (Å²) in [6, 6.07) is 0. The van der Waals surface area contributed by atoms with Crippen LogP contribution in [0, 0.1) is 17.8 Å². The molecule has 25 heavy (non-hydrogen) atoms. The summed E-state index contributed by atoms with van der Waals surface area (Å²) in [5.41, 5.74) is 1.43. The van der Waals surface area contributed by atoms with Crippen LogP contribution in [-0.2, 0) is 4.79 Å². The van der Waals surface area contributed by atoms with E-state index in [1.54, 1.807) is 0 Å². The van der Waals surface area contributed by atoms with Crippen LogP contribution >= 0.6 is 0 Å². The minimum Gasteiger partial charge on any atom is -0.481 e. The van der Waals surface area contributed by atoms with Crippen LogP contribution in [0.2, 0.25) is 0 Å². The number of rotatable bonds is 10. The third kappa shape index (κ3) is 6.27. The largest absolute Gasteiger partial charge is 0.481 e. The molecule has 2 fully saturated rings. The molecule has 0 aromatic carbocycles. The van der Waals surface area contributed by atoms with Crippen molar-refractivity contribution in [2.45, 2.75) is 83.3 Å². The number of unbranched alkanes of at least 4 members (excludes halogenated alkanes) is 3. The van der Waals surface area contributed by atoms with Crippen LogP contribution in [0.5, 0.6) is 0 Å². The van der Waals surface area contributed by atoms with E-state index in [0.717, 1.165) is 51.4 Å². The first kappa shape index (κ1) is 20.2. The molecule has 2 aliphatic rings. The van der Waals surface area contributed by atoms with Crippen molar-refractivity contribution in [3.63, 3.8) is 0 Å². The van der Waals surface area contributed by atoms with Gasteiger partial charge in [-0.3, -0.25) is 4.79 Å². The second-order valence-corrected chi connectivity index (χ2v) is 7.81. The van der Waals surface area contributed by atoms with E-state index in [0.29, 0.717) is 18.3 Å². The summed E-state index contributed by atoms with van der Waals surface area (Å²) in [6.45, 7) is 2.16. The topological polar surface area (TPSA) is 77.8 Å². The van der Waals surface area contributed by atoms with E-state index in [-0.39, 0.29) is 18.4 Å². The summed E-state index contributed by atoms with van der Waals surface area (Å²) in [4.78, 5) is 10.6. The number of carbonyl (C=O) groups is 1. The highest BCUT2D eigenvalue weighted by Gasteiger charge is 2.44. The molecule has 2 rings (SSSR count). The molecule has 0 aromatic heterocycles. The molecule has 0 heterocycles. The van der Waals surface area contributed by atoms with Crippen molar-refractivity contribution in [2.24, 2.45) is 17.8 Å². The molecule has 0 bridgehead atoms. The molecule has 4 heteroatoms. The molecule has 5 atom stereocenters. The van der Waals surface area contributed by atoms with Crippen LogP contribution in [0.15, 0.2) is 23.8 Å². The summed E-state index contributed by atoms with van der Waals surface area (Å²) in [7, 11) is 0. The third-order valence-electron chi connectivity index (χ3n) is 5.80. The molecule has 0 aromatic rings. The number of fused-ring (bicyclic) bond motifs is 1. The maximum Gasteiger partial charge on any atom is 0.303 e. The third-order valence-corrected chi connectivity index (χ3v) is 5.80. The minimum atomic E-state index is -0.729. The lowest BCUT2D eigenvalue weighted by atomic mass is 9.90. The molecule has 3 N–H and O–H groups in total. The fraction of sp³-hybridized carbons (Fsp3) is 0.762. The summed E-state index contributed by atoms with van der Waals surface area (Å²) in [5, 5.41) is 29.1. The summed E-state index contributed by atoms with van der Waals surface area (Å²) >= 11 is 0. The van der Waals surface area contributed by atoms with Crippen molar-refractivity contribution < 1.29 is 20.1 Å². The van der Waals surface area contributed by atoms with Gasteiger partial charge in [0.2, 0.25) is 0 Å². The van der Waals surface area contributed by atoms with Crippen molar-refractivity contribution in [1.29, 1.82) is 0 Å². The lowest BCUT2D eigenvalue weighted by Crippen LogP contribution is -2.17. The monoisotopic (exact) mass is 350 g/mol. The predicted octanol–water partition coefficient (Wildman–Crippen LogP) is 4.07. The molecule has 0 radical (unpaired) electrons. The molecule has 2 aliphatic carbocycles. The Morgan fingerprint density at radius 1 is 1.28 bits per heavy atom. The number of aliphatic hydroxyl groups is 2. The number of hydrogen-bond acceptors (Lipinski definition) is 3. The Morgan fingerprint density at radius 3 is 2.80 bits per heavy atom. The Labute approximate surface area is 151 Å². The van der Waals surface area contributed by atoms with E-state index in [1.807, 2.05) is 6.08 Å². The molecule has 0 aliphatic heterocycles. The first-order chi connectivity index (χ1) is 12.0. The number of allylic oxidation sites excluding steroid dienone is 2. The maximum absolute atomic E-state index is 10.6. The highest BCUT2D eigenvalue weighted by molar-refractivity contribution is 5.66. The lowest BCUT2D eigenvalue weighted by molar-refractivity contribution is -0.137. The number of aliphatic hydroxyl groups excluding tert-OH is 2. The van der Waals surface area contributed by atoms with Gasteiger partial charge >= 0.3 is 5.97 Å². The molecule has 0 spiro atoms. The molecule has 0 amide bonds. The van der Waals surface area contributed by atoms with Gasteiger partial charge in [0, 0.05) is 12.3 Å². The van der Waals surface area contributed by atoms with Crippen molar-refractivity contribution in [3.8, 4) is 0 Å². The van der Waals surface area contributed by atoms with Crippen molar-refractivity contribution in [3.05, 3.63) is 23.8 Å². The minimum absolute atomic E-state index is 0.149. The lowest BCUT2D eigenvalue weighted by Gasteiger charge is -2.17. The highest BCUT2D eigenvalue weighted by atomic mass is 16.4. The Hall–Kier alpha value is -1.13. The van der Waals surface area contributed by atoms with Gasteiger partial charge in [-0.1, -0.05) is 50.0 Å². The average Bonchev–Trinajstić information content (AvgIpc) is 3.06. The normalized spacial score (nSPS) is 31.7. The quantitative estimate of drug-likeness (QED) is 0.410. The molecular formula is C21H34O4. The number of aliphatic carboxylic acids is 1. The molecule has 0 saturated heterocycles. The molecule has 2 saturated carbocycles. The zero-order valence-corrected chi connectivity index (χ0v) is 15.4. The van der Waals surface area contributed by atoms with Gasteiger partial charge in [0.15, 0.2) is 0 Å². The van der Waals surface area contributed by atoms with Crippen LogP contribution in [-0.4, -0.2) is 33.5 Å². The zero-order chi connectivity index (χ0) is 18.2. The van der Waals surface area contributed by atoms with Crippen molar-refractivity contribution >= 4 is 5.97 Å². The van der Waals surface area contributed by atoms with Crippen LogP contribution < -0.4 is 0 Å². The Balaban J connectivity index is 1.83. The van der Waals surface area contributed by atoms with Gasteiger partial charge in [-0.05, 0) is 50.4 Å². The summed E-state index contributed by atoms with van der Waals surface area (Å²) in [6.07, 6.45) is 14.3. The average molecular weight is 350 g/mol. The van der Waals surface area contributed by atoms with Gasteiger partial charge in [-0.2, -0.15) is 0 Å². The van der Waals surface area contributed by atoms with Crippen LogP contribution in [0.4, 0.5) is 0 Å². The molecular weight excluding hydrogens is 316 g/mol. The second-order valence-electron chi connectivity index (χ2n) is 7.81.